The van der Waals surface area contributed by atoms with Crippen molar-refractivity contribution in [2.45, 2.75) is 132 Å². The van der Waals surface area contributed by atoms with Crippen LogP contribution in [0, 0.1) is 5.92 Å². The summed E-state index contributed by atoms with van der Waals surface area (Å²) in [6.45, 7) is 6.89. The van der Waals surface area contributed by atoms with Gasteiger partial charge in [0.15, 0.2) is 6.67 Å². The molecule has 0 spiro atoms. The van der Waals surface area contributed by atoms with Gasteiger partial charge in [-0.2, -0.15) is 0 Å². The van der Waals surface area contributed by atoms with Crippen LogP contribution in [0.25, 0.3) is 0 Å². The molecule has 11 heteroatoms. The molecule has 10 N–H and O–H groups in total. The quantitative estimate of drug-likeness (QED) is 0.103. The number of aliphatic imine (C=N–C) groups is 1. The van der Waals surface area contributed by atoms with Crippen molar-refractivity contribution < 1.29 is 30.1 Å². The predicted octanol–water partition coefficient (Wildman–Crippen LogP) is -0.655. The number of piperidine rings is 2. The van der Waals surface area contributed by atoms with E-state index in [9.17, 15) is 25.2 Å². The standard InChI is InChI=1S/C29H56N6O5/c1-21-25(37)15-24(35-14-13-31-20-35)23(34-21)8-6-4-3-5-7-22(18-36)9-10-29(40,17-27(38)39)19-33-28(2)11-12-32-26(30)16-28/h13,21-26,32-34,36-37,40H,3-12,14-20,30H2,1-2H3,(H,38,39)/p+1/t21-,22-,23+,24-,25+,26-,28+,29+/m0/s1. The molecular formula is C29H57N6O5+. The maximum absolute atomic E-state index is 11.5. The highest BCUT2D eigenvalue weighted by Gasteiger charge is 2.40. The summed E-state index contributed by atoms with van der Waals surface area (Å²) in [4.78, 5) is 17.4. The number of carbonyl (C=O) groups is 1. The highest BCUT2D eigenvalue weighted by Crippen LogP contribution is 2.26. The number of unbranched alkanes of at least 4 members (excludes halogenated alkanes) is 3. The third-order valence-electron chi connectivity index (χ3n) is 9.57. The number of carboxylic acid groups (broad SMARTS) is 1. The lowest BCUT2D eigenvalue weighted by molar-refractivity contribution is -0.914. The van der Waals surface area contributed by atoms with Gasteiger partial charge in [0.05, 0.1) is 36.5 Å². The molecule has 2 saturated heterocycles. The fraction of sp³-hybridized carbons (Fsp3) is 0.931. The smallest absolute Gasteiger partial charge is 0.306 e. The molecule has 2 fully saturated rings. The molecule has 0 aromatic carbocycles. The van der Waals surface area contributed by atoms with E-state index in [4.69, 9.17) is 5.73 Å². The second kappa shape index (κ2) is 15.9. The summed E-state index contributed by atoms with van der Waals surface area (Å²) in [5.41, 5.74) is 4.44. The molecule has 0 aromatic heterocycles. The fourth-order valence-electron chi connectivity index (χ4n) is 6.83. The molecule has 40 heavy (non-hydrogen) atoms. The monoisotopic (exact) mass is 569 g/mol. The van der Waals surface area contributed by atoms with Crippen LogP contribution in [0.4, 0.5) is 0 Å². The highest BCUT2D eigenvalue weighted by atomic mass is 16.4. The first kappa shape index (κ1) is 33.3. The van der Waals surface area contributed by atoms with Crippen molar-refractivity contribution in [2.24, 2.45) is 16.6 Å². The van der Waals surface area contributed by atoms with E-state index in [1.165, 1.54) is 4.90 Å². The topological polar surface area (TPSA) is 177 Å². The van der Waals surface area contributed by atoms with Crippen molar-refractivity contribution in [2.75, 3.05) is 32.9 Å². The van der Waals surface area contributed by atoms with Crippen molar-refractivity contribution in [3.05, 3.63) is 0 Å². The average Bonchev–Trinajstić information content (AvgIpc) is 3.43. The lowest BCUT2D eigenvalue weighted by Gasteiger charge is -2.41. The molecule has 232 valence electrons. The maximum Gasteiger partial charge on any atom is 0.306 e. The molecule has 1 unspecified atom stereocenters. The van der Waals surface area contributed by atoms with Crippen LogP contribution in [0.1, 0.15) is 90.9 Å². The molecule has 0 saturated carbocycles. The number of carboxylic acids is 1. The molecule has 0 radical (unpaired) electrons. The van der Waals surface area contributed by atoms with Crippen molar-refractivity contribution >= 4 is 12.2 Å². The van der Waals surface area contributed by atoms with E-state index in [0.29, 0.717) is 31.3 Å². The lowest BCUT2D eigenvalue weighted by Crippen LogP contribution is -3.16. The second-order valence-corrected chi connectivity index (χ2v) is 13.2. The van der Waals surface area contributed by atoms with Crippen LogP contribution in [0.3, 0.4) is 0 Å². The number of aliphatic hydroxyl groups is 3. The van der Waals surface area contributed by atoms with Gasteiger partial charge in [-0.15, -0.1) is 0 Å². The van der Waals surface area contributed by atoms with Crippen LogP contribution in [-0.2, 0) is 4.79 Å². The van der Waals surface area contributed by atoms with Crippen molar-refractivity contribution in [1.29, 1.82) is 0 Å². The van der Waals surface area contributed by atoms with Crippen LogP contribution in [-0.4, -0.2) is 107 Å². The minimum absolute atomic E-state index is 0.0450. The Morgan fingerprint density at radius 3 is 2.75 bits per heavy atom. The first-order valence-electron chi connectivity index (χ1n) is 15.6. The number of rotatable bonds is 17. The third kappa shape index (κ3) is 10.6. The van der Waals surface area contributed by atoms with Gasteiger partial charge in [0.25, 0.3) is 0 Å². The van der Waals surface area contributed by atoms with Gasteiger partial charge in [-0.1, -0.05) is 25.7 Å². The van der Waals surface area contributed by atoms with Crippen molar-refractivity contribution in [1.82, 2.24) is 16.0 Å². The number of hydrogen-bond donors (Lipinski definition) is 9. The minimum Gasteiger partial charge on any atom is -0.481 e. The third-order valence-corrected chi connectivity index (χ3v) is 9.57. The molecule has 0 amide bonds. The first-order valence-corrected chi connectivity index (χ1v) is 15.6. The Hall–Kier alpha value is -1.18. The number of hydrogen-bond acceptors (Lipinski definition) is 9. The minimum atomic E-state index is -1.37. The van der Waals surface area contributed by atoms with E-state index in [-0.39, 0.29) is 49.3 Å². The molecule has 0 aliphatic carbocycles. The number of β-amino-alcohol motifs (C(OH)–C–C–N with tert-alkyl or cyclic N) is 1. The Bertz CT molecular complexity index is 797. The zero-order valence-electron chi connectivity index (χ0n) is 24.8. The van der Waals surface area contributed by atoms with Crippen molar-refractivity contribution in [3.63, 3.8) is 0 Å². The number of nitrogens with two attached hydrogens (primary N) is 1. The molecule has 9 atom stereocenters. The van der Waals surface area contributed by atoms with E-state index in [1.807, 2.05) is 6.21 Å². The summed E-state index contributed by atoms with van der Waals surface area (Å²) in [5.74, 6) is -0.969. The molecular weight excluding hydrogens is 512 g/mol. The Morgan fingerprint density at radius 1 is 1.30 bits per heavy atom. The van der Waals surface area contributed by atoms with Gasteiger partial charge < -0.3 is 47.0 Å². The summed E-state index contributed by atoms with van der Waals surface area (Å²) in [5, 5.41) is 51.3. The summed E-state index contributed by atoms with van der Waals surface area (Å²) >= 11 is 0. The van der Waals surface area contributed by atoms with E-state index < -0.39 is 11.6 Å². The molecule has 11 nitrogen and oxygen atoms in total. The van der Waals surface area contributed by atoms with Crippen molar-refractivity contribution in [3.8, 4) is 0 Å². The fourth-order valence-corrected chi connectivity index (χ4v) is 6.83. The molecule has 3 rings (SSSR count). The highest BCUT2D eigenvalue weighted by molar-refractivity contribution is 5.68. The summed E-state index contributed by atoms with van der Waals surface area (Å²) in [7, 11) is 0. The Kier molecular flexibility index (Phi) is 13.2. The maximum atomic E-state index is 11.5. The van der Waals surface area contributed by atoms with Gasteiger partial charge >= 0.3 is 5.97 Å². The molecule has 0 aromatic rings. The largest absolute Gasteiger partial charge is 0.481 e. The van der Waals surface area contributed by atoms with E-state index in [1.54, 1.807) is 0 Å². The number of nitrogens with zero attached hydrogens (tertiary/aromatic N) is 1. The molecule has 3 aliphatic rings. The Labute approximate surface area is 240 Å². The SMILES string of the molecule is C[C@@H]1N[C@H](CCCCCC[C@H](CO)CC[C@](O)(CN[C@]2(C)CCN[C@H](N)C2)CC(=O)O)[C@@H]([NH+]2CC=NC2)C[C@H]1O. The number of quaternary nitrogens is 1. The molecule has 3 aliphatic heterocycles. The summed E-state index contributed by atoms with van der Waals surface area (Å²) < 4.78 is 0. The van der Waals surface area contributed by atoms with Crippen LogP contribution in [0.15, 0.2) is 4.99 Å². The van der Waals surface area contributed by atoms with Crippen LogP contribution in [0.5, 0.6) is 0 Å². The van der Waals surface area contributed by atoms with Crippen LogP contribution < -0.4 is 26.6 Å². The predicted molar refractivity (Wildman–Crippen MR) is 156 cm³/mol. The Balaban J connectivity index is 1.37. The number of aliphatic hydroxyl groups excluding tert-OH is 2. The van der Waals surface area contributed by atoms with E-state index in [0.717, 1.165) is 71.1 Å². The van der Waals surface area contributed by atoms with Gasteiger partial charge in [0.1, 0.15) is 12.6 Å². The van der Waals surface area contributed by atoms with E-state index >= 15 is 0 Å². The lowest BCUT2D eigenvalue weighted by atomic mass is 9.84. The van der Waals surface area contributed by atoms with Gasteiger partial charge in [-0.25, -0.2) is 4.99 Å². The van der Waals surface area contributed by atoms with Crippen LogP contribution >= 0.6 is 0 Å². The van der Waals surface area contributed by atoms with Gasteiger partial charge in [0, 0.05) is 31.2 Å². The number of aliphatic carboxylic acids is 1. The normalized spacial score (nSPS) is 35.0. The first-order chi connectivity index (χ1) is 19.0. The molecule has 0 bridgehead atoms. The van der Waals surface area contributed by atoms with Gasteiger partial charge in [0.2, 0.25) is 0 Å². The van der Waals surface area contributed by atoms with Gasteiger partial charge in [-0.3, -0.25) is 4.79 Å². The van der Waals surface area contributed by atoms with Crippen LogP contribution in [0.2, 0.25) is 0 Å². The average molecular weight is 570 g/mol. The number of nitrogens with one attached hydrogen (secondary N) is 4. The zero-order chi connectivity index (χ0) is 29.2. The summed E-state index contributed by atoms with van der Waals surface area (Å²) in [6.07, 6.45) is 10.9. The zero-order valence-corrected chi connectivity index (χ0v) is 24.8. The Morgan fingerprint density at radius 2 is 2.08 bits per heavy atom. The summed E-state index contributed by atoms with van der Waals surface area (Å²) in [6, 6.07) is 0.897. The van der Waals surface area contributed by atoms with E-state index in [2.05, 4.69) is 34.8 Å². The van der Waals surface area contributed by atoms with Gasteiger partial charge in [-0.05, 0) is 64.8 Å². The molecule has 3 heterocycles. The second-order valence-electron chi connectivity index (χ2n) is 13.2.